The van der Waals surface area contributed by atoms with Crippen molar-refractivity contribution in [1.82, 2.24) is 5.32 Å². The van der Waals surface area contributed by atoms with Gasteiger partial charge in [-0.2, -0.15) is 11.8 Å². The molecule has 138 valence electrons. The van der Waals surface area contributed by atoms with Crippen molar-refractivity contribution in [2.75, 3.05) is 24.2 Å². The van der Waals surface area contributed by atoms with Crippen LogP contribution in [0.2, 0.25) is 0 Å². The van der Waals surface area contributed by atoms with Crippen LogP contribution in [0.3, 0.4) is 0 Å². The first-order chi connectivity index (χ1) is 12.5. The van der Waals surface area contributed by atoms with E-state index in [1.54, 1.807) is 41.3 Å². The largest absolute Gasteiger partial charge is 0.452 e. The average molecular weight is 393 g/mol. The summed E-state index contributed by atoms with van der Waals surface area (Å²) in [7, 11) is 0. The Morgan fingerprint density at radius 3 is 2.77 bits per heavy atom. The number of carbonyl (C=O) groups is 3. The van der Waals surface area contributed by atoms with Crippen molar-refractivity contribution in [3.05, 3.63) is 52.2 Å². The number of thioether (sulfide) groups is 1. The van der Waals surface area contributed by atoms with E-state index >= 15 is 0 Å². The molecule has 0 radical (unpaired) electrons. The Morgan fingerprint density at radius 1 is 1.19 bits per heavy atom. The highest BCUT2D eigenvalue weighted by atomic mass is 32.2. The molecule has 0 spiro atoms. The minimum Gasteiger partial charge on any atom is -0.452 e. The van der Waals surface area contributed by atoms with Crippen LogP contribution in [0, 0.1) is 0 Å². The van der Waals surface area contributed by atoms with Gasteiger partial charge in [-0.05, 0) is 29.6 Å². The molecule has 2 aromatic rings. The number of rotatable bonds is 9. The van der Waals surface area contributed by atoms with Crippen LogP contribution < -0.4 is 10.6 Å². The van der Waals surface area contributed by atoms with E-state index < -0.39 is 5.97 Å². The molecule has 2 N–H and O–H groups in total. The number of amides is 2. The maximum atomic E-state index is 12.0. The van der Waals surface area contributed by atoms with Crippen molar-refractivity contribution in [2.24, 2.45) is 0 Å². The van der Waals surface area contributed by atoms with Gasteiger partial charge < -0.3 is 15.4 Å². The first-order valence-corrected chi connectivity index (χ1v) is 9.99. The van der Waals surface area contributed by atoms with Gasteiger partial charge >= 0.3 is 5.97 Å². The third kappa shape index (κ3) is 7.28. The first kappa shape index (κ1) is 20.0. The number of hydrogen-bond donors (Lipinski definition) is 2. The zero-order valence-corrected chi connectivity index (χ0v) is 16.0. The average Bonchev–Trinajstić information content (AvgIpc) is 3.12. The lowest BCUT2D eigenvalue weighted by atomic mass is 10.2. The number of carbonyl (C=O) groups excluding carboxylic acids is 3. The van der Waals surface area contributed by atoms with Crippen LogP contribution in [-0.4, -0.2) is 36.7 Å². The van der Waals surface area contributed by atoms with Gasteiger partial charge in [-0.1, -0.05) is 12.1 Å². The smallest absolute Gasteiger partial charge is 0.338 e. The number of nitrogens with one attached hydrogen (secondary N) is 2. The summed E-state index contributed by atoms with van der Waals surface area (Å²) in [5, 5.41) is 7.34. The number of ether oxygens (including phenoxy) is 1. The van der Waals surface area contributed by atoms with Crippen LogP contribution in [-0.2, 0) is 20.1 Å². The van der Waals surface area contributed by atoms with Crippen LogP contribution in [0.25, 0.3) is 0 Å². The van der Waals surface area contributed by atoms with E-state index in [4.69, 9.17) is 4.74 Å². The minimum absolute atomic E-state index is 0.230. The zero-order valence-electron chi connectivity index (χ0n) is 14.3. The summed E-state index contributed by atoms with van der Waals surface area (Å²) in [6.07, 6.45) is 0. The fourth-order valence-electron chi connectivity index (χ4n) is 2.02. The van der Waals surface area contributed by atoms with Crippen molar-refractivity contribution >= 4 is 46.6 Å². The van der Waals surface area contributed by atoms with Crippen LogP contribution in [0.1, 0.15) is 22.2 Å². The van der Waals surface area contributed by atoms with Gasteiger partial charge in [0.15, 0.2) is 6.61 Å². The Bertz CT molecular complexity index is 747. The van der Waals surface area contributed by atoms with Crippen LogP contribution in [0.4, 0.5) is 5.69 Å². The molecule has 2 amide bonds. The van der Waals surface area contributed by atoms with Crippen LogP contribution >= 0.6 is 23.1 Å². The predicted molar refractivity (Wildman–Crippen MR) is 105 cm³/mol. The SMILES string of the molecule is CC(=O)Nc1cccc(C(=O)OCC(=O)NCCSCc2cccs2)c1. The van der Waals surface area contributed by atoms with Gasteiger partial charge in [0.25, 0.3) is 5.91 Å². The lowest BCUT2D eigenvalue weighted by molar-refractivity contribution is -0.124. The maximum Gasteiger partial charge on any atom is 0.338 e. The molecular weight excluding hydrogens is 372 g/mol. The fourth-order valence-corrected chi connectivity index (χ4v) is 3.72. The van der Waals surface area contributed by atoms with Crippen molar-refractivity contribution in [3.63, 3.8) is 0 Å². The molecule has 26 heavy (non-hydrogen) atoms. The summed E-state index contributed by atoms with van der Waals surface area (Å²) >= 11 is 3.45. The predicted octanol–water partition coefficient (Wildman–Crippen LogP) is 2.91. The van der Waals surface area contributed by atoms with Gasteiger partial charge in [0.05, 0.1) is 5.56 Å². The van der Waals surface area contributed by atoms with Gasteiger partial charge in [0, 0.05) is 35.5 Å². The lowest BCUT2D eigenvalue weighted by Crippen LogP contribution is -2.30. The molecule has 1 aromatic heterocycles. The third-order valence-electron chi connectivity index (χ3n) is 3.15. The van der Waals surface area contributed by atoms with Crippen molar-refractivity contribution in [3.8, 4) is 0 Å². The van der Waals surface area contributed by atoms with E-state index in [1.807, 2.05) is 11.4 Å². The van der Waals surface area contributed by atoms with Crippen LogP contribution in [0.5, 0.6) is 0 Å². The molecule has 0 saturated carbocycles. The van der Waals surface area contributed by atoms with E-state index in [0.717, 1.165) is 11.5 Å². The Labute approximate surface area is 160 Å². The highest BCUT2D eigenvalue weighted by molar-refractivity contribution is 7.98. The zero-order chi connectivity index (χ0) is 18.8. The second kappa shape index (κ2) is 10.6. The van der Waals surface area contributed by atoms with Crippen molar-refractivity contribution in [2.45, 2.75) is 12.7 Å². The number of hydrogen-bond acceptors (Lipinski definition) is 6. The van der Waals surface area contributed by atoms with Gasteiger partial charge in [-0.25, -0.2) is 4.79 Å². The molecule has 2 rings (SSSR count). The Morgan fingerprint density at radius 2 is 2.04 bits per heavy atom. The topological polar surface area (TPSA) is 84.5 Å². The summed E-state index contributed by atoms with van der Waals surface area (Å²) in [5.74, 6) is 0.531. The summed E-state index contributed by atoms with van der Waals surface area (Å²) in [5.41, 5.74) is 0.773. The molecule has 0 saturated heterocycles. The number of anilines is 1. The summed E-state index contributed by atoms with van der Waals surface area (Å²) in [6, 6.07) is 10.5. The molecule has 6 nitrogen and oxygen atoms in total. The molecule has 0 unspecified atom stereocenters. The fraction of sp³-hybridized carbons (Fsp3) is 0.278. The minimum atomic E-state index is -0.612. The van der Waals surface area contributed by atoms with Gasteiger partial charge in [0.1, 0.15) is 0 Å². The van der Waals surface area contributed by atoms with Gasteiger partial charge in [0.2, 0.25) is 5.91 Å². The highest BCUT2D eigenvalue weighted by Crippen LogP contribution is 2.16. The molecule has 1 heterocycles. The quantitative estimate of drug-likeness (QED) is 0.506. The summed E-state index contributed by atoms with van der Waals surface area (Å²) < 4.78 is 5.00. The standard InChI is InChI=1S/C18H20N2O4S2/c1-13(21)20-15-5-2-4-14(10-15)18(23)24-11-17(22)19-7-9-25-12-16-6-3-8-26-16/h2-6,8,10H,7,9,11-12H2,1H3,(H,19,22)(H,20,21). The molecule has 0 atom stereocenters. The lowest BCUT2D eigenvalue weighted by Gasteiger charge is -2.08. The number of benzene rings is 1. The molecule has 0 bridgehead atoms. The highest BCUT2D eigenvalue weighted by Gasteiger charge is 2.11. The van der Waals surface area contributed by atoms with E-state index in [-0.39, 0.29) is 24.0 Å². The molecule has 0 aliphatic heterocycles. The molecule has 0 aliphatic rings. The van der Waals surface area contributed by atoms with E-state index in [9.17, 15) is 14.4 Å². The van der Waals surface area contributed by atoms with Crippen molar-refractivity contribution < 1.29 is 19.1 Å². The molecular formula is C18H20N2O4S2. The van der Waals surface area contributed by atoms with E-state index in [2.05, 4.69) is 16.7 Å². The van der Waals surface area contributed by atoms with Crippen molar-refractivity contribution in [1.29, 1.82) is 0 Å². The molecule has 0 aliphatic carbocycles. The Hall–Kier alpha value is -2.32. The third-order valence-corrected chi connectivity index (χ3v) is 5.21. The second-order valence-electron chi connectivity index (χ2n) is 5.32. The van der Waals surface area contributed by atoms with Gasteiger partial charge in [-0.3, -0.25) is 9.59 Å². The summed E-state index contributed by atoms with van der Waals surface area (Å²) in [4.78, 5) is 36.1. The van der Waals surface area contributed by atoms with Crippen LogP contribution in [0.15, 0.2) is 41.8 Å². The second-order valence-corrected chi connectivity index (χ2v) is 7.46. The summed E-state index contributed by atoms with van der Waals surface area (Å²) in [6.45, 7) is 1.57. The normalized spacial score (nSPS) is 10.2. The molecule has 1 aromatic carbocycles. The monoisotopic (exact) mass is 392 g/mol. The Balaban J connectivity index is 1.65. The van der Waals surface area contributed by atoms with E-state index in [0.29, 0.717) is 12.2 Å². The Kier molecular flexibility index (Phi) is 8.17. The van der Waals surface area contributed by atoms with Gasteiger partial charge in [-0.15, -0.1) is 11.3 Å². The molecule has 8 heteroatoms. The first-order valence-electron chi connectivity index (χ1n) is 7.96. The van der Waals surface area contributed by atoms with E-state index in [1.165, 1.54) is 17.9 Å². The number of thiophene rings is 1. The maximum absolute atomic E-state index is 12.0. The number of esters is 1. The molecule has 0 fully saturated rings.